The minimum Gasteiger partial charge on any atom is -0.351 e. The lowest BCUT2D eigenvalue weighted by atomic mass is 10.2. The van der Waals surface area contributed by atoms with Gasteiger partial charge in [-0.15, -0.1) is 0 Å². The van der Waals surface area contributed by atoms with Gasteiger partial charge in [0.25, 0.3) is 0 Å². The highest BCUT2D eigenvalue weighted by atomic mass is 19.1. The van der Waals surface area contributed by atoms with E-state index in [0.717, 1.165) is 19.6 Å². The van der Waals surface area contributed by atoms with E-state index in [1.54, 1.807) is 12.3 Å². The lowest BCUT2D eigenvalue weighted by molar-refractivity contribution is 0.475. The predicted molar refractivity (Wildman–Crippen MR) is 53.9 cm³/mol. The van der Waals surface area contributed by atoms with Gasteiger partial charge in [-0.05, 0) is 19.1 Å². The van der Waals surface area contributed by atoms with Crippen molar-refractivity contribution in [3.8, 4) is 0 Å². The summed E-state index contributed by atoms with van der Waals surface area (Å²) in [7, 11) is 0. The van der Waals surface area contributed by atoms with Gasteiger partial charge in [-0.1, -0.05) is 0 Å². The fourth-order valence-corrected chi connectivity index (χ4v) is 1.73. The maximum Gasteiger partial charge on any atom is 0.165 e. The predicted octanol–water partition coefficient (Wildman–Crippen LogP) is 1.02. The minimum absolute atomic E-state index is 0.235. The highest BCUT2D eigenvalue weighted by molar-refractivity contribution is 5.40. The highest BCUT2D eigenvalue weighted by Gasteiger charge is 2.18. The van der Waals surface area contributed by atoms with E-state index in [1.165, 1.54) is 6.07 Å². The summed E-state index contributed by atoms with van der Waals surface area (Å²) in [6, 6.07) is 3.46. The molecule has 1 saturated heterocycles. The van der Waals surface area contributed by atoms with Crippen molar-refractivity contribution in [2.24, 2.45) is 0 Å². The van der Waals surface area contributed by atoms with Gasteiger partial charge in [0, 0.05) is 31.9 Å². The number of piperazine rings is 1. The topological polar surface area (TPSA) is 28.2 Å². The van der Waals surface area contributed by atoms with Crippen LogP contribution in [0, 0.1) is 5.82 Å². The molecule has 0 spiro atoms. The molecular formula is C10H14FN3. The van der Waals surface area contributed by atoms with E-state index in [4.69, 9.17) is 0 Å². The Bertz CT molecular complexity index is 316. The fourth-order valence-electron chi connectivity index (χ4n) is 1.73. The van der Waals surface area contributed by atoms with E-state index in [-0.39, 0.29) is 5.82 Å². The molecule has 0 radical (unpaired) electrons. The molecule has 2 heterocycles. The molecule has 1 atom stereocenters. The van der Waals surface area contributed by atoms with Crippen LogP contribution in [0.25, 0.3) is 0 Å². The highest BCUT2D eigenvalue weighted by Crippen LogP contribution is 2.16. The van der Waals surface area contributed by atoms with Gasteiger partial charge in [-0.25, -0.2) is 9.37 Å². The molecule has 1 fully saturated rings. The van der Waals surface area contributed by atoms with E-state index in [9.17, 15) is 4.39 Å². The van der Waals surface area contributed by atoms with Gasteiger partial charge in [0.1, 0.15) is 0 Å². The Hall–Kier alpha value is -1.16. The number of halogens is 1. The first-order valence-electron chi connectivity index (χ1n) is 4.86. The van der Waals surface area contributed by atoms with Crippen LogP contribution in [0.15, 0.2) is 18.3 Å². The molecule has 1 aliphatic rings. The Kier molecular flexibility index (Phi) is 2.63. The van der Waals surface area contributed by atoms with Crippen LogP contribution in [0.5, 0.6) is 0 Å². The summed E-state index contributed by atoms with van der Waals surface area (Å²) >= 11 is 0. The first kappa shape index (κ1) is 9.40. The number of anilines is 1. The quantitative estimate of drug-likeness (QED) is 0.725. The van der Waals surface area contributed by atoms with Crippen molar-refractivity contribution in [2.45, 2.75) is 13.0 Å². The van der Waals surface area contributed by atoms with Gasteiger partial charge in [0.15, 0.2) is 11.6 Å². The molecular weight excluding hydrogens is 181 g/mol. The molecule has 4 heteroatoms. The van der Waals surface area contributed by atoms with Crippen molar-refractivity contribution >= 4 is 5.82 Å². The standard InChI is InChI=1S/C10H14FN3/c1-8-7-14(6-5-12-8)10-9(11)3-2-4-13-10/h2-4,8,12H,5-7H2,1H3. The molecule has 2 rings (SSSR count). The maximum atomic E-state index is 13.4. The number of pyridine rings is 1. The van der Waals surface area contributed by atoms with Gasteiger partial charge in [-0.3, -0.25) is 0 Å². The van der Waals surface area contributed by atoms with Crippen LogP contribution in [-0.4, -0.2) is 30.7 Å². The van der Waals surface area contributed by atoms with Gasteiger partial charge in [0.05, 0.1) is 0 Å². The Labute approximate surface area is 82.9 Å². The zero-order chi connectivity index (χ0) is 9.97. The van der Waals surface area contributed by atoms with Gasteiger partial charge in [-0.2, -0.15) is 0 Å². The second-order valence-corrected chi connectivity index (χ2v) is 3.61. The number of nitrogens with zero attached hydrogens (tertiary/aromatic N) is 2. The zero-order valence-electron chi connectivity index (χ0n) is 8.20. The van der Waals surface area contributed by atoms with Crippen LogP contribution < -0.4 is 10.2 Å². The van der Waals surface area contributed by atoms with Crippen LogP contribution >= 0.6 is 0 Å². The number of hydrogen-bond donors (Lipinski definition) is 1. The lowest BCUT2D eigenvalue weighted by Crippen LogP contribution is -2.49. The molecule has 0 aromatic carbocycles. The van der Waals surface area contributed by atoms with Crippen molar-refractivity contribution < 1.29 is 4.39 Å². The summed E-state index contributed by atoms with van der Waals surface area (Å²) in [5.41, 5.74) is 0. The van der Waals surface area contributed by atoms with Crippen LogP contribution in [0.4, 0.5) is 10.2 Å². The molecule has 0 amide bonds. The summed E-state index contributed by atoms with van der Waals surface area (Å²) in [5.74, 6) is 0.238. The number of aromatic nitrogens is 1. The lowest BCUT2D eigenvalue weighted by Gasteiger charge is -2.32. The molecule has 1 N–H and O–H groups in total. The third kappa shape index (κ3) is 1.85. The van der Waals surface area contributed by atoms with Crippen molar-refractivity contribution in [3.63, 3.8) is 0 Å². The van der Waals surface area contributed by atoms with E-state index in [0.29, 0.717) is 11.9 Å². The molecule has 76 valence electrons. The molecule has 1 aromatic heterocycles. The third-order valence-electron chi connectivity index (χ3n) is 2.41. The second-order valence-electron chi connectivity index (χ2n) is 3.61. The number of nitrogens with one attached hydrogen (secondary N) is 1. The normalized spacial score (nSPS) is 22.4. The molecule has 1 aromatic rings. The number of rotatable bonds is 1. The van der Waals surface area contributed by atoms with E-state index >= 15 is 0 Å². The fraction of sp³-hybridized carbons (Fsp3) is 0.500. The van der Waals surface area contributed by atoms with Crippen LogP contribution in [0.3, 0.4) is 0 Å². The van der Waals surface area contributed by atoms with Gasteiger partial charge in [0.2, 0.25) is 0 Å². The first-order chi connectivity index (χ1) is 6.77. The van der Waals surface area contributed by atoms with Crippen LogP contribution in [0.1, 0.15) is 6.92 Å². The van der Waals surface area contributed by atoms with Crippen molar-refractivity contribution in [2.75, 3.05) is 24.5 Å². The Balaban J connectivity index is 2.18. The van der Waals surface area contributed by atoms with E-state index in [2.05, 4.69) is 17.2 Å². The largest absolute Gasteiger partial charge is 0.351 e. The van der Waals surface area contributed by atoms with Crippen molar-refractivity contribution in [1.29, 1.82) is 0 Å². The molecule has 1 unspecified atom stereocenters. The smallest absolute Gasteiger partial charge is 0.165 e. The summed E-state index contributed by atoms with van der Waals surface area (Å²) < 4.78 is 13.4. The third-order valence-corrected chi connectivity index (χ3v) is 2.41. The summed E-state index contributed by atoms with van der Waals surface area (Å²) in [6.07, 6.45) is 1.63. The summed E-state index contributed by atoms with van der Waals surface area (Å²) in [5, 5.41) is 3.31. The molecule has 3 nitrogen and oxygen atoms in total. The van der Waals surface area contributed by atoms with Crippen LogP contribution in [0.2, 0.25) is 0 Å². The average Bonchev–Trinajstić information content (AvgIpc) is 2.18. The summed E-state index contributed by atoms with van der Waals surface area (Å²) in [4.78, 5) is 6.04. The Morgan fingerprint density at radius 1 is 1.64 bits per heavy atom. The molecule has 1 aliphatic heterocycles. The molecule has 0 aliphatic carbocycles. The SMILES string of the molecule is CC1CN(c2ncccc2F)CCN1. The minimum atomic E-state index is -0.235. The average molecular weight is 195 g/mol. The van der Waals surface area contributed by atoms with Gasteiger partial charge < -0.3 is 10.2 Å². The summed E-state index contributed by atoms with van der Waals surface area (Å²) in [6.45, 7) is 4.61. The molecule has 0 bridgehead atoms. The number of hydrogen-bond acceptors (Lipinski definition) is 3. The Morgan fingerprint density at radius 2 is 2.50 bits per heavy atom. The van der Waals surface area contributed by atoms with Crippen molar-refractivity contribution in [1.82, 2.24) is 10.3 Å². The van der Waals surface area contributed by atoms with Gasteiger partial charge >= 0.3 is 0 Å². The van der Waals surface area contributed by atoms with Crippen molar-refractivity contribution in [3.05, 3.63) is 24.1 Å². The van der Waals surface area contributed by atoms with E-state index < -0.39 is 0 Å². The first-order valence-corrected chi connectivity index (χ1v) is 4.86. The van der Waals surface area contributed by atoms with Crippen LogP contribution in [-0.2, 0) is 0 Å². The molecule has 0 saturated carbocycles. The Morgan fingerprint density at radius 3 is 3.21 bits per heavy atom. The zero-order valence-corrected chi connectivity index (χ0v) is 8.20. The second kappa shape index (κ2) is 3.92. The monoisotopic (exact) mass is 195 g/mol. The van der Waals surface area contributed by atoms with E-state index in [1.807, 2.05) is 4.90 Å². The maximum absolute atomic E-state index is 13.4. The molecule has 14 heavy (non-hydrogen) atoms.